The summed E-state index contributed by atoms with van der Waals surface area (Å²) in [6.07, 6.45) is 2.59. The molecule has 0 aliphatic rings. The van der Waals surface area contributed by atoms with Crippen LogP contribution in [-0.4, -0.2) is 33.1 Å². The molecule has 0 bridgehead atoms. The minimum absolute atomic E-state index is 0.564. The maximum Gasteiger partial charge on any atom is 0.242 e. The monoisotopic (exact) mass is 252 g/mol. The predicted octanol–water partition coefficient (Wildman–Crippen LogP) is 0.384. The molecule has 1 heterocycles. The zero-order valence-electron chi connectivity index (χ0n) is 11.0. The molecule has 4 N–H and O–H groups in total. The Morgan fingerprint density at radius 2 is 2.28 bits per heavy atom. The molecular weight excluding hydrogens is 232 g/mol. The second kappa shape index (κ2) is 6.30. The van der Waals surface area contributed by atoms with Gasteiger partial charge in [-0.15, -0.1) is 0 Å². The van der Waals surface area contributed by atoms with Gasteiger partial charge in [0.25, 0.3) is 0 Å². The van der Waals surface area contributed by atoms with Crippen molar-refractivity contribution in [3.63, 3.8) is 0 Å². The fourth-order valence-corrected chi connectivity index (χ4v) is 1.65. The van der Waals surface area contributed by atoms with Crippen molar-refractivity contribution in [2.75, 3.05) is 5.32 Å². The number of aromatic nitrogens is 2. The van der Waals surface area contributed by atoms with Crippen molar-refractivity contribution in [3.8, 4) is 0 Å². The highest BCUT2D eigenvalue weighted by Gasteiger charge is 2.22. The number of aliphatic hydroxyl groups is 1. The van der Waals surface area contributed by atoms with Gasteiger partial charge in [-0.25, -0.2) is 9.97 Å². The van der Waals surface area contributed by atoms with Crippen molar-refractivity contribution in [2.45, 2.75) is 45.8 Å². The van der Waals surface area contributed by atoms with Crippen molar-refractivity contribution >= 4 is 11.7 Å². The van der Waals surface area contributed by atoms with E-state index in [4.69, 9.17) is 5.73 Å². The fourth-order valence-electron chi connectivity index (χ4n) is 1.65. The third kappa shape index (κ3) is 3.66. The zero-order chi connectivity index (χ0) is 13.7. The van der Waals surface area contributed by atoms with Gasteiger partial charge in [-0.3, -0.25) is 4.79 Å². The Morgan fingerprint density at radius 3 is 2.78 bits per heavy atom. The molecule has 0 unspecified atom stereocenters. The van der Waals surface area contributed by atoms with E-state index < -0.39 is 18.1 Å². The summed E-state index contributed by atoms with van der Waals surface area (Å²) in [7, 11) is 0. The lowest BCUT2D eigenvalue weighted by molar-refractivity contribution is -0.120. The molecule has 1 rings (SSSR count). The van der Waals surface area contributed by atoms with Crippen LogP contribution < -0.4 is 11.1 Å². The van der Waals surface area contributed by atoms with Gasteiger partial charge in [0.05, 0.1) is 6.10 Å². The standard InChI is InChI=1S/C12H20N4O2/c1-4-5-9-6-14-8(3)15-12(9)16-10(7(2)17)11(13)18/h6-7,10,17H,4-5H2,1-3H3,(H2,13,18)(H,14,15,16)/t7-,10+/m1/s1. The average molecular weight is 252 g/mol. The lowest BCUT2D eigenvalue weighted by Gasteiger charge is -2.20. The van der Waals surface area contributed by atoms with Crippen LogP contribution in [0.25, 0.3) is 0 Å². The van der Waals surface area contributed by atoms with Crippen LogP contribution in [0.1, 0.15) is 31.7 Å². The van der Waals surface area contributed by atoms with E-state index in [-0.39, 0.29) is 0 Å². The number of amides is 1. The summed E-state index contributed by atoms with van der Waals surface area (Å²) in [5.74, 6) is 0.559. The first-order valence-corrected chi connectivity index (χ1v) is 6.02. The number of nitrogens with one attached hydrogen (secondary N) is 1. The van der Waals surface area contributed by atoms with Crippen molar-refractivity contribution in [3.05, 3.63) is 17.6 Å². The SMILES string of the molecule is CCCc1cnc(C)nc1N[C@H](C(N)=O)[C@@H](C)O. The Morgan fingerprint density at radius 1 is 1.61 bits per heavy atom. The van der Waals surface area contributed by atoms with Crippen LogP contribution >= 0.6 is 0 Å². The van der Waals surface area contributed by atoms with Crippen LogP contribution in [0.2, 0.25) is 0 Å². The van der Waals surface area contributed by atoms with Gasteiger partial charge in [0.15, 0.2) is 0 Å². The first-order valence-electron chi connectivity index (χ1n) is 6.02. The summed E-state index contributed by atoms with van der Waals surface area (Å²) < 4.78 is 0. The largest absolute Gasteiger partial charge is 0.391 e. The molecule has 0 aromatic carbocycles. The number of hydrogen-bond acceptors (Lipinski definition) is 5. The first kappa shape index (κ1) is 14.4. The Kier molecular flexibility index (Phi) is 5.03. The molecule has 2 atom stereocenters. The summed E-state index contributed by atoms with van der Waals surface area (Å²) in [4.78, 5) is 19.6. The van der Waals surface area contributed by atoms with E-state index in [0.717, 1.165) is 18.4 Å². The molecule has 0 spiro atoms. The van der Waals surface area contributed by atoms with Gasteiger partial charge in [-0.05, 0) is 20.3 Å². The maximum atomic E-state index is 11.3. The van der Waals surface area contributed by atoms with E-state index in [1.807, 2.05) is 6.92 Å². The number of rotatable bonds is 6. The van der Waals surface area contributed by atoms with Crippen molar-refractivity contribution in [1.29, 1.82) is 0 Å². The fraction of sp³-hybridized carbons (Fsp3) is 0.583. The molecule has 18 heavy (non-hydrogen) atoms. The highest BCUT2D eigenvalue weighted by Crippen LogP contribution is 2.15. The number of carbonyl (C=O) groups is 1. The quantitative estimate of drug-likeness (QED) is 0.679. The molecule has 0 saturated carbocycles. The second-order valence-corrected chi connectivity index (χ2v) is 4.31. The molecule has 0 fully saturated rings. The van der Waals surface area contributed by atoms with Gasteiger partial charge < -0.3 is 16.2 Å². The molecule has 0 aliphatic heterocycles. The average Bonchev–Trinajstić information content (AvgIpc) is 2.28. The second-order valence-electron chi connectivity index (χ2n) is 4.31. The number of aryl methyl sites for hydroxylation is 2. The molecule has 1 aromatic rings. The van der Waals surface area contributed by atoms with Crippen LogP contribution in [0.3, 0.4) is 0 Å². The lowest BCUT2D eigenvalue weighted by atomic mass is 10.1. The highest BCUT2D eigenvalue weighted by molar-refractivity contribution is 5.83. The van der Waals surface area contributed by atoms with Crippen LogP contribution in [0.4, 0.5) is 5.82 Å². The Balaban J connectivity index is 2.99. The lowest BCUT2D eigenvalue weighted by Crippen LogP contribution is -2.43. The van der Waals surface area contributed by atoms with E-state index in [2.05, 4.69) is 15.3 Å². The minimum Gasteiger partial charge on any atom is -0.391 e. The van der Waals surface area contributed by atoms with E-state index in [9.17, 15) is 9.90 Å². The third-order valence-corrected chi connectivity index (χ3v) is 2.59. The molecule has 6 nitrogen and oxygen atoms in total. The smallest absolute Gasteiger partial charge is 0.242 e. The van der Waals surface area contributed by atoms with Gasteiger partial charge in [0.1, 0.15) is 17.7 Å². The number of carbonyl (C=O) groups excluding carboxylic acids is 1. The molecule has 6 heteroatoms. The van der Waals surface area contributed by atoms with Crippen LogP contribution in [0.5, 0.6) is 0 Å². The maximum absolute atomic E-state index is 11.3. The summed E-state index contributed by atoms with van der Waals surface area (Å²) in [5.41, 5.74) is 6.15. The summed E-state index contributed by atoms with van der Waals surface area (Å²) in [6.45, 7) is 5.32. The van der Waals surface area contributed by atoms with Gasteiger partial charge in [-0.2, -0.15) is 0 Å². The van der Waals surface area contributed by atoms with Gasteiger partial charge in [0.2, 0.25) is 5.91 Å². The molecule has 1 amide bonds. The predicted molar refractivity (Wildman–Crippen MR) is 69.0 cm³/mol. The Hall–Kier alpha value is -1.69. The third-order valence-electron chi connectivity index (χ3n) is 2.59. The van der Waals surface area contributed by atoms with Gasteiger partial charge in [-0.1, -0.05) is 13.3 Å². The first-order chi connectivity index (χ1) is 8.45. The minimum atomic E-state index is -0.882. The number of nitrogens with zero attached hydrogens (tertiary/aromatic N) is 2. The zero-order valence-corrected chi connectivity index (χ0v) is 11.0. The van der Waals surface area contributed by atoms with Crippen molar-refractivity contribution < 1.29 is 9.90 Å². The van der Waals surface area contributed by atoms with E-state index in [0.29, 0.717) is 11.6 Å². The molecular formula is C12H20N4O2. The normalized spacial score (nSPS) is 14.0. The van der Waals surface area contributed by atoms with Crippen LogP contribution in [-0.2, 0) is 11.2 Å². The Bertz CT molecular complexity index is 421. The molecule has 0 aliphatic carbocycles. The number of nitrogens with two attached hydrogens (primary N) is 1. The van der Waals surface area contributed by atoms with E-state index in [1.54, 1.807) is 13.1 Å². The Labute approximate surface area is 107 Å². The van der Waals surface area contributed by atoms with E-state index >= 15 is 0 Å². The number of aliphatic hydroxyl groups excluding tert-OH is 1. The molecule has 0 radical (unpaired) electrons. The number of hydrogen-bond donors (Lipinski definition) is 3. The molecule has 100 valence electrons. The molecule has 1 aromatic heterocycles. The highest BCUT2D eigenvalue weighted by atomic mass is 16.3. The van der Waals surface area contributed by atoms with Crippen LogP contribution in [0, 0.1) is 6.92 Å². The number of anilines is 1. The number of primary amides is 1. The topological polar surface area (TPSA) is 101 Å². The van der Waals surface area contributed by atoms with E-state index in [1.165, 1.54) is 6.92 Å². The molecule has 0 saturated heterocycles. The van der Waals surface area contributed by atoms with Crippen molar-refractivity contribution in [2.24, 2.45) is 5.73 Å². The van der Waals surface area contributed by atoms with Crippen LogP contribution in [0.15, 0.2) is 6.20 Å². The van der Waals surface area contributed by atoms with Crippen molar-refractivity contribution in [1.82, 2.24) is 9.97 Å². The summed E-state index contributed by atoms with van der Waals surface area (Å²) >= 11 is 0. The summed E-state index contributed by atoms with van der Waals surface area (Å²) in [5, 5.41) is 12.4. The van der Waals surface area contributed by atoms with Gasteiger partial charge in [0, 0.05) is 11.8 Å². The summed E-state index contributed by atoms with van der Waals surface area (Å²) in [6, 6.07) is -0.852. The van der Waals surface area contributed by atoms with Gasteiger partial charge >= 0.3 is 0 Å².